The minimum Gasteiger partial charge on any atom is -0.497 e. The van der Waals surface area contributed by atoms with Gasteiger partial charge in [-0.05, 0) is 42.3 Å². The first-order valence-electron chi connectivity index (χ1n) is 7.93. The Bertz CT molecular complexity index is 749. The Balaban J connectivity index is 1.90. The van der Waals surface area contributed by atoms with Crippen molar-refractivity contribution < 1.29 is 14.3 Å². The van der Waals surface area contributed by atoms with E-state index in [1.807, 2.05) is 24.3 Å². The summed E-state index contributed by atoms with van der Waals surface area (Å²) in [6, 6.07) is 14.6. The predicted molar refractivity (Wildman–Crippen MR) is 99.2 cm³/mol. The lowest BCUT2D eigenvalue weighted by molar-refractivity contribution is -0.123. The van der Waals surface area contributed by atoms with Gasteiger partial charge in [-0.3, -0.25) is 9.59 Å². The van der Waals surface area contributed by atoms with Crippen molar-refractivity contribution in [2.75, 3.05) is 25.1 Å². The summed E-state index contributed by atoms with van der Waals surface area (Å²) in [4.78, 5) is 25.4. The highest BCUT2D eigenvalue weighted by atomic mass is 35.5. The average Bonchev–Trinajstić information content (AvgIpc) is 2.59. The van der Waals surface area contributed by atoms with E-state index in [1.165, 1.54) is 11.8 Å². The van der Waals surface area contributed by atoms with E-state index in [-0.39, 0.29) is 18.4 Å². The van der Waals surface area contributed by atoms with E-state index >= 15 is 0 Å². The van der Waals surface area contributed by atoms with Crippen molar-refractivity contribution >= 4 is 29.1 Å². The second kappa shape index (κ2) is 9.08. The van der Waals surface area contributed by atoms with Crippen LogP contribution in [0.5, 0.6) is 5.75 Å². The fraction of sp³-hybridized carbons (Fsp3) is 0.263. The lowest BCUT2D eigenvalue weighted by Gasteiger charge is -2.21. The molecule has 2 aromatic rings. The zero-order valence-corrected chi connectivity index (χ0v) is 15.0. The Kier molecular flexibility index (Phi) is 6.83. The highest BCUT2D eigenvalue weighted by Gasteiger charge is 2.15. The number of hydrogen-bond donors (Lipinski definition) is 1. The van der Waals surface area contributed by atoms with Crippen molar-refractivity contribution in [3.63, 3.8) is 0 Å². The third kappa shape index (κ3) is 5.80. The third-order valence-electron chi connectivity index (χ3n) is 3.67. The molecule has 132 valence electrons. The van der Waals surface area contributed by atoms with Crippen LogP contribution in [0.2, 0.25) is 5.02 Å². The standard InChI is InChI=1S/C19H21ClN2O3/c1-14(23)22(17-7-4-6-16(20)12-17)13-19(24)21-10-9-15-5-3-8-18(11-15)25-2/h3-8,11-12H,9-10,13H2,1-2H3,(H,21,24). The maximum atomic E-state index is 12.2. The van der Waals surface area contributed by atoms with Gasteiger partial charge in [0.2, 0.25) is 11.8 Å². The quantitative estimate of drug-likeness (QED) is 0.825. The number of carbonyl (C=O) groups is 2. The molecule has 2 rings (SSSR count). The van der Waals surface area contributed by atoms with Crippen molar-refractivity contribution in [2.45, 2.75) is 13.3 Å². The van der Waals surface area contributed by atoms with E-state index < -0.39 is 0 Å². The molecule has 2 amide bonds. The first kappa shape index (κ1) is 18.8. The number of benzene rings is 2. The average molecular weight is 361 g/mol. The van der Waals surface area contributed by atoms with Gasteiger partial charge in [-0.1, -0.05) is 29.8 Å². The van der Waals surface area contributed by atoms with Gasteiger partial charge in [0.25, 0.3) is 0 Å². The molecule has 0 aliphatic rings. The maximum Gasteiger partial charge on any atom is 0.240 e. The Hall–Kier alpha value is -2.53. The highest BCUT2D eigenvalue weighted by molar-refractivity contribution is 6.30. The summed E-state index contributed by atoms with van der Waals surface area (Å²) in [6.07, 6.45) is 0.681. The van der Waals surface area contributed by atoms with E-state index in [9.17, 15) is 9.59 Å². The van der Waals surface area contributed by atoms with Crippen LogP contribution in [0.4, 0.5) is 5.69 Å². The molecule has 0 atom stereocenters. The molecule has 0 saturated heterocycles. The van der Waals surface area contributed by atoms with Crippen molar-refractivity contribution in [1.82, 2.24) is 5.32 Å². The number of carbonyl (C=O) groups excluding carboxylic acids is 2. The van der Waals surface area contributed by atoms with Crippen LogP contribution in [0.3, 0.4) is 0 Å². The number of anilines is 1. The van der Waals surface area contributed by atoms with Crippen LogP contribution in [0.25, 0.3) is 0 Å². The van der Waals surface area contributed by atoms with E-state index in [0.29, 0.717) is 23.7 Å². The minimum absolute atomic E-state index is 0.0478. The predicted octanol–water partition coefficient (Wildman–Crippen LogP) is 3.06. The molecule has 0 aliphatic carbocycles. The van der Waals surface area contributed by atoms with Gasteiger partial charge in [0.15, 0.2) is 0 Å². The van der Waals surface area contributed by atoms with Crippen LogP contribution in [0.15, 0.2) is 48.5 Å². The minimum atomic E-state index is -0.224. The Morgan fingerprint density at radius 3 is 2.60 bits per heavy atom. The fourth-order valence-corrected chi connectivity index (χ4v) is 2.59. The Labute approximate surface area is 152 Å². The molecule has 0 radical (unpaired) electrons. The number of amides is 2. The molecular formula is C19H21ClN2O3. The summed E-state index contributed by atoms with van der Waals surface area (Å²) < 4.78 is 5.18. The SMILES string of the molecule is COc1cccc(CCNC(=O)CN(C(C)=O)c2cccc(Cl)c2)c1. The van der Waals surface area contributed by atoms with Crippen LogP contribution < -0.4 is 15.0 Å². The van der Waals surface area contributed by atoms with Crippen LogP contribution in [0.1, 0.15) is 12.5 Å². The van der Waals surface area contributed by atoms with Crippen LogP contribution >= 0.6 is 11.6 Å². The summed E-state index contributed by atoms with van der Waals surface area (Å²) >= 11 is 5.96. The smallest absolute Gasteiger partial charge is 0.240 e. The molecule has 0 spiro atoms. The summed E-state index contributed by atoms with van der Waals surface area (Å²) in [5.41, 5.74) is 1.67. The molecule has 5 nitrogen and oxygen atoms in total. The first-order valence-corrected chi connectivity index (χ1v) is 8.30. The van der Waals surface area contributed by atoms with Gasteiger partial charge in [0.05, 0.1) is 7.11 Å². The number of hydrogen-bond acceptors (Lipinski definition) is 3. The molecule has 0 heterocycles. The molecule has 25 heavy (non-hydrogen) atoms. The maximum absolute atomic E-state index is 12.2. The molecule has 6 heteroatoms. The van der Waals surface area contributed by atoms with Gasteiger partial charge in [0.1, 0.15) is 12.3 Å². The lowest BCUT2D eigenvalue weighted by atomic mass is 10.1. The number of rotatable bonds is 7. The largest absolute Gasteiger partial charge is 0.497 e. The van der Waals surface area contributed by atoms with Crippen molar-refractivity contribution in [3.05, 3.63) is 59.1 Å². The van der Waals surface area contributed by atoms with Gasteiger partial charge in [-0.2, -0.15) is 0 Å². The zero-order valence-electron chi connectivity index (χ0n) is 14.3. The molecule has 0 fully saturated rings. The number of nitrogens with one attached hydrogen (secondary N) is 1. The highest BCUT2D eigenvalue weighted by Crippen LogP contribution is 2.19. The Morgan fingerprint density at radius 1 is 1.16 bits per heavy atom. The van der Waals surface area contributed by atoms with Crippen molar-refractivity contribution in [2.24, 2.45) is 0 Å². The van der Waals surface area contributed by atoms with E-state index in [2.05, 4.69) is 5.32 Å². The third-order valence-corrected chi connectivity index (χ3v) is 3.91. The zero-order chi connectivity index (χ0) is 18.2. The molecule has 0 aliphatic heterocycles. The van der Waals surface area contributed by atoms with Gasteiger partial charge >= 0.3 is 0 Å². The summed E-state index contributed by atoms with van der Waals surface area (Å²) in [6.45, 7) is 1.85. The molecule has 2 aromatic carbocycles. The van der Waals surface area contributed by atoms with Crippen LogP contribution in [0, 0.1) is 0 Å². The number of methoxy groups -OCH3 is 1. The van der Waals surface area contributed by atoms with Gasteiger partial charge in [-0.25, -0.2) is 0 Å². The van der Waals surface area contributed by atoms with Crippen molar-refractivity contribution in [1.29, 1.82) is 0 Å². The van der Waals surface area contributed by atoms with E-state index in [1.54, 1.807) is 31.4 Å². The Morgan fingerprint density at radius 2 is 1.92 bits per heavy atom. The van der Waals surface area contributed by atoms with Crippen LogP contribution in [-0.2, 0) is 16.0 Å². The molecule has 0 bridgehead atoms. The number of nitrogens with zero attached hydrogens (tertiary/aromatic N) is 1. The summed E-state index contributed by atoms with van der Waals surface area (Å²) in [5, 5.41) is 3.35. The molecule has 1 N–H and O–H groups in total. The van der Waals surface area contributed by atoms with E-state index in [0.717, 1.165) is 11.3 Å². The van der Waals surface area contributed by atoms with E-state index in [4.69, 9.17) is 16.3 Å². The fourth-order valence-electron chi connectivity index (χ4n) is 2.40. The first-order chi connectivity index (χ1) is 12.0. The van der Waals surface area contributed by atoms with Gasteiger partial charge in [0, 0.05) is 24.2 Å². The van der Waals surface area contributed by atoms with Gasteiger partial charge in [-0.15, -0.1) is 0 Å². The van der Waals surface area contributed by atoms with Crippen molar-refractivity contribution in [3.8, 4) is 5.75 Å². The normalized spacial score (nSPS) is 10.2. The van der Waals surface area contributed by atoms with Gasteiger partial charge < -0.3 is 15.0 Å². The molecular weight excluding hydrogens is 340 g/mol. The second-order valence-corrected chi connectivity index (χ2v) is 5.97. The number of ether oxygens (including phenoxy) is 1. The monoisotopic (exact) mass is 360 g/mol. The molecule has 0 saturated carbocycles. The lowest BCUT2D eigenvalue weighted by Crippen LogP contribution is -2.40. The summed E-state index contributed by atoms with van der Waals surface area (Å²) in [5.74, 6) is 0.343. The van der Waals surface area contributed by atoms with Crippen LogP contribution in [-0.4, -0.2) is 32.0 Å². The topological polar surface area (TPSA) is 58.6 Å². The molecule has 0 aromatic heterocycles. The second-order valence-electron chi connectivity index (χ2n) is 5.54. The summed E-state index contributed by atoms with van der Waals surface area (Å²) in [7, 11) is 1.62. The number of halogens is 1. The molecule has 0 unspecified atom stereocenters.